The van der Waals surface area contributed by atoms with E-state index in [1.165, 1.54) is 5.56 Å². The summed E-state index contributed by atoms with van der Waals surface area (Å²) in [6.07, 6.45) is 6.56. The van der Waals surface area contributed by atoms with Crippen LogP contribution >= 0.6 is 0 Å². The topological polar surface area (TPSA) is 73.8 Å². The van der Waals surface area contributed by atoms with Gasteiger partial charge >= 0.3 is 0 Å². The first-order valence-electron chi connectivity index (χ1n) is 13.2. The molecule has 2 heterocycles. The summed E-state index contributed by atoms with van der Waals surface area (Å²) in [5.41, 5.74) is 3.07. The average molecular weight is 503 g/mol. The molecule has 1 aromatic heterocycles. The van der Waals surface area contributed by atoms with Crippen LogP contribution in [0.2, 0.25) is 0 Å². The van der Waals surface area contributed by atoms with E-state index >= 15 is 0 Å². The molecule has 1 saturated carbocycles. The predicted octanol–water partition coefficient (Wildman–Crippen LogP) is 3.42. The number of rotatable bonds is 8. The van der Waals surface area contributed by atoms with Gasteiger partial charge in [0, 0.05) is 49.5 Å². The number of fused-ring (bicyclic) bond motifs is 1. The maximum atomic E-state index is 11.7. The Morgan fingerprint density at radius 1 is 1.03 bits per heavy atom. The molecule has 2 fully saturated rings. The maximum Gasteiger partial charge on any atom is 0.226 e. The predicted molar refractivity (Wildman–Crippen MR) is 148 cm³/mol. The van der Waals surface area contributed by atoms with Gasteiger partial charge in [0.2, 0.25) is 12.4 Å². The zero-order chi connectivity index (χ0) is 25.9. The number of morpholine rings is 1. The molecule has 0 radical (unpaired) electrons. The molecule has 2 aliphatic rings. The number of amides is 1. The number of aromatic nitrogens is 2. The van der Waals surface area contributed by atoms with E-state index in [2.05, 4.69) is 94.7 Å². The van der Waals surface area contributed by atoms with Crippen LogP contribution in [-0.2, 0) is 15.1 Å². The summed E-state index contributed by atoms with van der Waals surface area (Å²) in [4.78, 5) is 27.9. The highest BCUT2D eigenvalue weighted by molar-refractivity contribution is 5.82. The summed E-state index contributed by atoms with van der Waals surface area (Å²) in [5, 5.41) is 4.24. The monoisotopic (exact) mass is 502 g/mol. The van der Waals surface area contributed by atoms with Gasteiger partial charge in [0.15, 0.2) is 0 Å². The number of carbonyl (C=O) groups is 1. The average Bonchev–Trinajstić information content (AvgIpc) is 2.94. The number of likely N-dealkylation sites (N-methyl/N-ethyl adjacent to an activating group) is 1. The molecule has 0 atom stereocenters. The van der Waals surface area contributed by atoms with E-state index in [1.807, 2.05) is 6.20 Å². The van der Waals surface area contributed by atoms with E-state index in [0.717, 1.165) is 74.3 Å². The Labute approximate surface area is 219 Å². The van der Waals surface area contributed by atoms with E-state index in [1.54, 1.807) is 0 Å². The molecule has 0 bridgehead atoms. The summed E-state index contributed by atoms with van der Waals surface area (Å²) in [6, 6.07) is 17.1. The van der Waals surface area contributed by atoms with Crippen molar-refractivity contribution >= 4 is 28.9 Å². The largest absolute Gasteiger partial charge is 0.378 e. The lowest BCUT2D eigenvalue weighted by Gasteiger charge is -2.51. The van der Waals surface area contributed by atoms with Crippen LogP contribution in [0.1, 0.15) is 31.2 Å². The first-order valence-corrected chi connectivity index (χ1v) is 13.2. The highest BCUT2D eigenvalue weighted by Gasteiger charge is 2.45. The standard InChI is InChI=1S/C29H38N6O2/c1-33(2)29(24-7-5-4-6-8-24)13-11-28(12-14-29,31-22-36)21-34(3)25-9-10-26-23(19-25)20-30-27(32-26)35-15-17-37-18-16-35/h4-10,19-20,22H,11-18,21H2,1-3H3,(H,31,36)/t28-,29+. The number of hydrogen-bond donors (Lipinski definition) is 1. The molecule has 196 valence electrons. The van der Waals surface area contributed by atoms with E-state index in [0.29, 0.717) is 13.2 Å². The van der Waals surface area contributed by atoms with Crippen LogP contribution in [0.5, 0.6) is 0 Å². The van der Waals surface area contributed by atoms with Crippen molar-refractivity contribution in [1.82, 2.24) is 20.2 Å². The van der Waals surface area contributed by atoms with Gasteiger partial charge in [-0.15, -0.1) is 0 Å². The smallest absolute Gasteiger partial charge is 0.226 e. The zero-order valence-corrected chi connectivity index (χ0v) is 22.2. The quantitative estimate of drug-likeness (QED) is 0.473. The number of ether oxygens (including phenoxy) is 1. The van der Waals surface area contributed by atoms with E-state index < -0.39 is 0 Å². The summed E-state index contributed by atoms with van der Waals surface area (Å²) in [7, 11) is 6.44. The second kappa shape index (κ2) is 10.6. The van der Waals surface area contributed by atoms with Gasteiger partial charge in [-0.25, -0.2) is 9.97 Å². The van der Waals surface area contributed by atoms with Gasteiger partial charge in [-0.05, 0) is 63.5 Å². The molecule has 0 unspecified atom stereocenters. The minimum absolute atomic E-state index is 0.0215. The van der Waals surface area contributed by atoms with Crippen LogP contribution in [0.15, 0.2) is 54.7 Å². The van der Waals surface area contributed by atoms with Crippen molar-refractivity contribution in [2.24, 2.45) is 0 Å². The summed E-state index contributed by atoms with van der Waals surface area (Å²) >= 11 is 0. The Bertz CT molecular complexity index is 1200. The number of carbonyl (C=O) groups excluding carboxylic acids is 1. The fourth-order valence-corrected chi connectivity index (χ4v) is 6.07. The van der Waals surface area contributed by atoms with Gasteiger partial charge < -0.3 is 19.9 Å². The number of benzene rings is 2. The number of hydrogen-bond acceptors (Lipinski definition) is 7. The molecule has 37 heavy (non-hydrogen) atoms. The molecule has 1 aliphatic heterocycles. The third-order valence-corrected chi connectivity index (χ3v) is 8.39. The van der Waals surface area contributed by atoms with Crippen molar-refractivity contribution in [3.63, 3.8) is 0 Å². The van der Waals surface area contributed by atoms with Crippen molar-refractivity contribution in [2.75, 3.05) is 63.8 Å². The van der Waals surface area contributed by atoms with Gasteiger partial charge in [0.05, 0.1) is 24.3 Å². The third-order valence-electron chi connectivity index (χ3n) is 8.39. The Morgan fingerprint density at radius 3 is 2.43 bits per heavy atom. The summed E-state index contributed by atoms with van der Waals surface area (Å²) in [5.74, 6) is 0.760. The molecule has 5 rings (SSSR count). The third kappa shape index (κ3) is 5.13. The van der Waals surface area contributed by atoms with Crippen LogP contribution in [-0.4, -0.2) is 80.8 Å². The Balaban J connectivity index is 1.33. The van der Waals surface area contributed by atoms with Crippen molar-refractivity contribution < 1.29 is 9.53 Å². The van der Waals surface area contributed by atoms with Crippen LogP contribution < -0.4 is 15.1 Å². The van der Waals surface area contributed by atoms with E-state index in [-0.39, 0.29) is 11.1 Å². The highest BCUT2D eigenvalue weighted by atomic mass is 16.5. The molecule has 2 aromatic carbocycles. The van der Waals surface area contributed by atoms with Crippen LogP contribution in [0, 0.1) is 0 Å². The van der Waals surface area contributed by atoms with Crippen LogP contribution in [0.3, 0.4) is 0 Å². The molecular weight excluding hydrogens is 464 g/mol. The highest BCUT2D eigenvalue weighted by Crippen LogP contribution is 2.45. The minimum atomic E-state index is -0.281. The first kappa shape index (κ1) is 25.4. The van der Waals surface area contributed by atoms with Gasteiger partial charge in [-0.3, -0.25) is 9.69 Å². The molecule has 1 aliphatic carbocycles. The normalized spacial score (nSPS) is 24.3. The number of anilines is 2. The molecule has 1 saturated heterocycles. The van der Waals surface area contributed by atoms with Crippen molar-refractivity contribution in [1.29, 1.82) is 0 Å². The lowest BCUT2D eigenvalue weighted by atomic mass is 9.68. The van der Waals surface area contributed by atoms with Gasteiger partial charge in [0.25, 0.3) is 0 Å². The first-order chi connectivity index (χ1) is 17.9. The van der Waals surface area contributed by atoms with E-state index in [4.69, 9.17) is 9.72 Å². The Morgan fingerprint density at radius 2 is 1.76 bits per heavy atom. The summed E-state index contributed by atoms with van der Waals surface area (Å²) in [6.45, 7) is 3.79. The SMILES string of the molecule is CN(C[C@]1(NC=O)CC[C@@](c2ccccc2)(N(C)C)CC1)c1ccc2nc(N3CCOCC3)ncc2c1. The maximum absolute atomic E-state index is 11.7. The van der Waals surface area contributed by atoms with E-state index in [9.17, 15) is 4.79 Å². The number of nitrogens with one attached hydrogen (secondary N) is 1. The zero-order valence-electron chi connectivity index (χ0n) is 22.2. The molecule has 0 spiro atoms. The number of nitrogens with zero attached hydrogens (tertiary/aromatic N) is 5. The second-order valence-electron chi connectivity index (χ2n) is 10.7. The van der Waals surface area contributed by atoms with Gasteiger partial charge in [0.1, 0.15) is 0 Å². The van der Waals surface area contributed by atoms with Crippen molar-refractivity contribution in [3.8, 4) is 0 Å². The van der Waals surface area contributed by atoms with Crippen molar-refractivity contribution in [2.45, 2.75) is 36.8 Å². The van der Waals surface area contributed by atoms with Crippen molar-refractivity contribution in [3.05, 3.63) is 60.3 Å². The fraction of sp³-hybridized carbons (Fsp3) is 0.483. The summed E-state index contributed by atoms with van der Waals surface area (Å²) < 4.78 is 5.45. The lowest BCUT2D eigenvalue weighted by molar-refractivity contribution is -0.112. The molecular formula is C29H38N6O2. The van der Waals surface area contributed by atoms with Gasteiger partial charge in [-0.2, -0.15) is 0 Å². The Hall–Kier alpha value is -3.23. The fourth-order valence-electron chi connectivity index (χ4n) is 6.07. The molecule has 1 N–H and O–H groups in total. The van der Waals surface area contributed by atoms with Crippen LogP contribution in [0.4, 0.5) is 11.6 Å². The second-order valence-corrected chi connectivity index (χ2v) is 10.7. The lowest BCUT2D eigenvalue weighted by Crippen LogP contribution is -2.58. The van der Waals surface area contributed by atoms with Gasteiger partial charge in [-0.1, -0.05) is 30.3 Å². The molecule has 8 heteroatoms. The Kier molecular flexibility index (Phi) is 7.31. The molecule has 1 amide bonds. The minimum Gasteiger partial charge on any atom is -0.378 e. The molecule has 8 nitrogen and oxygen atoms in total. The molecule has 3 aromatic rings. The van der Waals surface area contributed by atoms with Crippen LogP contribution in [0.25, 0.3) is 10.9 Å².